The predicted molar refractivity (Wildman–Crippen MR) is 284 cm³/mol. The lowest BCUT2D eigenvalue weighted by Gasteiger charge is -2.39. The van der Waals surface area contributed by atoms with Crippen LogP contribution in [0.3, 0.4) is 0 Å². The van der Waals surface area contributed by atoms with Crippen molar-refractivity contribution in [2.75, 3.05) is 26.4 Å². The third kappa shape index (κ3) is 39.6. The molecular formula is C59H106O9. The highest BCUT2D eigenvalue weighted by Gasteiger charge is 2.44. The Bertz CT molecular complexity index is 1230. The summed E-state index contributed by atoms with van der Waals surface area (Å²) in [5.74, 6) is -0.319. The van der Waals surface area contributed by atoms with E-state index >= 15 is 0 Å². The van der Waals surface area contributed by atoms with Gasteiger partial charge in [-0.25, -0.2) is 0 Å². The third-order valence-electron chi connectivity index (χ3n) is 12.9. The molecule has 0 aromatic heterocycles. The maximum Gasteiger partial charge on any atom is 0.306 e. The van der Waals surface area contributed by atoms with E-state index in [1.807, 2.05) is 0 Å². The van der Waals surface area contributed by atoms with Gasteiger partial charge in [0.2, 0.25) is 0 Å². The van der Waals surface area contributed by atoms with Crippen molar-refractivity contribution < 1.29 is 44.2 Å². The summed E-state index contributed by atoms with van der Waals surface area (Å²) in [7, 11) is 0. The van der Waals surface area contributed by atoms with Crippen molar-refractivity contribution in [1.82, 2.24) is 0 Å². The van der Waals surface area contributed by atoms with Crippen LogP contribution in [0.2, 0.25) is 0 Å². The van der Waals surface area contributed by atoms with E-state index in [0.717, 1.165) is 51.4 Å². The third-order valence-corrected chi connectivity index (χ3v) is 12.9. The van der Waals surface area contributed by atoms with Gasteiger partial charge in [-0.2, -0.15) is 0 Å². The molecule has 0 amide bonds. The number of ether oxygens (including phenoxy) is 4. The first-order valence-corrected chi connectivity index (χ1v) is 28.4. The van der Waals surface area contributed by atoms with Gasteiger partial charge in [-0.3, -0.25) is 4.79 Å². The molecule has 396 valence electrons. The fourth-order valence-electron chi connectivity index (χ4n) is 8.47. The van der Waals surface area contributed by atoms with E-state index in [2.05, 4.69) is 74.6 Å². The zero-order chi connectivity index (χ0) is 49.2. The molecule has 1 aliphatic rings. The van der Waals surface area contributed by atoms with Crippen molar-refractivity contribution in [3.63, 3.8) is 0 Å². The van der Waals surface area contributed by atoms with Gasteiger partial charge in [0.15, 0.2) is 6.29 Å². The second-order valence-electron chi connectivity index (χ2n) is 19.4. The number of unbranched alkanes of at least 4 members (excludes halogenated alkanes) is 28. The summed E-state index contributed by atoms with van der Waals surface area (Å²) in [4.78, 5) is 12.9. The van der Waals surface area contributed by atoms with Gasteiger partial charge in [0.25, 0.3) is 0 Å². The SMILES string of the molecule is CCCCCCC/C=C\C/C=C\C/C=C\CCCCCCCCCCCOCC(COC1OC(CO)C(O)C(O)C1O)OC(=O)CCCCCCCCCCC/C=C\C/C=C\CCCCCCC. The minimum Gasteiger partial charge on any atom is -0.457 e. The summed E-state index contributed by atoms with van der Waals surface area (Å²) >= 11 is 0. The van der Waals surface area contributed by atoms with Crippen LogP contribution < -0.4 is 0 Å². The summed E-state index contributed by atoms with van der Waals surface area (Å²) < 4.78 is 23.0. The molecule has 6 atom stereocenters. The van der Waals surface area contributed by atoms with Gasteiger partial charge in [-0.15, -0.1) is 0 Å². The second kappa shape index (κ2) is 49.9. The van der Waals surface area contributed by atoms with Crippen LogP contribution >= 0.6 is 0 Å². The molecule has 1 saturated heterocycles. The van der Waals surface area contributed by atoms with E-state index in [1.54, 1.807) is 0 Å². The van der Waals surface area contributed by atoms with Gasteiger partial charge < -0.3 is 39.4 Å². The van der Waals surface area contributed by atoms with Crippen LogP contribution in [-0.2, 0) is 23.7 Å². The van der Waals surface area contributed by atoms with Gasteiger partial charge in [0, 0.05) is 13.0 Å². The largest absolute Gasteiger partial charge is 0.457 e. The van der Waals surface area contributed by atoms with Crippen molar-refractivity contribution in [3.8, 4) is 0 Å². The van der Waals surface area contributed by atoms with Crippen LogP contribution in [0.1, 0.15) is 245 Å². The van der Waals surface area contributed by atoms with E-state index in [0.29, 0.717) is 13.0 Å². The topological polar surface area (TPSA) is 135 Å². The molecule has 0 radical (unpaired) electrons. The number of aliphatic hydroxyl groups is 4. The molecule has 0 aromatic carbocycles. The number of hydrogen-bond acceptors (Lipinski definition) is 9. The maximum absolute atomic E-state index is 12.9. The number of hydrogen-bond donors (Lipinski definition) is 4. The van der Waals surface area contributed by atoms with Crippen molar-refractivity contribution >= 4 is 5.97 Å². The lowest BCUT2D eigenvalue weighted by Crippen LogP contribution is -2.59. The van der Waals surface area contributed by atoms with Crippen LogP contribution in [0.25, 0.3) is 0 Å². The molecule has 0 bridgehead atoms. The normalized spacial score (nSPS) is 19.5. The van der Waals surface area contributed by atoms with Crippen LogP contribution in [0.4, 0.5) is 0 Å². The highest BCUT2D eigenvalue weighted by atomic mass is 16.7. The highest BCUT2D eigenvalue weighted by molar-refractivity contribution is 5.69. The Morgan fingerprint density at radius 1 is 0.471 bits per heavy atom. The first-order chi connectivity index (χ1) is 33.4. The molecule has 4 N–H and O–H groups in total. The van der Waals surface area contributed by atoms with E-state index < -0.39 is 43.4 Å². The number of rotatable bonds is 49. The number of esters is 1. The van der Waals surface area contributed by atoms with Crippen molar-refractivity contribution in [2.45, 2.75) is 282 Å². The second-order valence-corrected chi connectivity index (χ2v) is 19.4. The Hall–Kier alpha value is -2.11. The van der Waals surface area contributed by atoms with Gasteiger partial charge in [0.05, 0.1) is 19.8 Å². The minimum atomic E-state index is -1.54. The average molecular weight is 959 g/mol. The van der Waals surface area contributed by atoms with Crippen LogP contribution in [0.15, 0.2) is 60.8 Å². The maximum atomic E-state index is 12.9. The van der Waals surface area contributed by atoms with Crippen LogP contribution in [-0.4, -0.2) is 89.6 Å². The molecule has 6 unspecified atom stereocenters. The summed E-state index contributed by atoms with van der Waals surface area (Å²) in [6.07, 6.45) is 58.3. The van der Waals surface area contributed by atoms with E-state index in [-0.39, 0.29) is 19.2 Å². The molecule has 0 saturated carbocycles. The summed E-state index contributed by atoms with van der Waals surface area (Å²) in [6.45, 7) is 4.54. The fraction of sp³-hybridized carbons (Fsp3) is 0.814. The molecule has 68 heavy (non-hydrogen) atoms. The molecule has 0 spiro atoms. The van der Waals surface area contributed by atoms with Gasteiger partial charge in [0.1, 0.15) is 30.5 Å². The zero-order valence-electron chi connectivity index (χ0n) is 43.9. The summed E-state index contributed by atoms with van der Waals surface area (Å²) in [5, 5.41) is 40.3. The molecular weight excluding hydrogens is 853 g/mol. The molecule has 1 rings (SSSR count). The van der Waals surface area contributed by atoms with Gasteiger partial charge in [-0.05, 0) is 83.5 Å². The van der Waals surface area contributed by atoms with E-state index in [4.69, 9.17) is 18.9 Å². The highest BCUT2D eigenvalue weighted by Crippen LogP contribution is 2.23. The van der Waals surface area contributed by atoms with Crippen LogP contribution in [0.5, 0.6) is 0 Å². The van der Waals surface area contributed by atoms with Crippen molar-refractivity contribution in [3.05, 3.63) is 60.8 Å². The lowest BCUT2D eigenvalue weighted by molar-refractivity contribution is -0.305. The van der Waals surface area contributed by atoms with Gasteiger partial charge in [-0.1, -0.05) is 216 Å². The lowest BCUT2D eigenvalue weighted by atomic mass is 9.99. The Morgan fingerprint density at radius 2 is 0.853 bits per heavy atom. The number of carbonyl (C=O) groups excluding carboxylic acids is 1. The summed E-state index contributed by atoms with van der Waals surface area (Å²) in [6, 6.07) is 0. The van der Waals surface area contributed by atoms with Crippen molar-refractivity contribution in [2.24, 2.45) is 0 Å². The first-order valence-electron chi connectivity index (χ1n) is 28.4. The number of allylic oxidation sites excluding steroid dienone is 10. The zero-order valence-corrected chi connectivity index (χ0v) is 43.9. The molecule has 9 nitrogen and oxygen atoms in total. The Labute approximate surface area is 417 Å². The molecule has 0 aromatic rings. The number of aliphatic hydroxyl groups excluding tert-OH is 4. The Balaban J connectivity index is 2.18. The standard InChI is InChI=1S/C59H106O9/c1-3-5-7-9-11-13-15-17-19-21-23-25-26-27-29-31-33-35-37-39-41-43-45-47-49-65-51-53(52-66-59-58(64)57(63)56(62)54(50-60)68-59)67-55(61)48-46-44-42-40-38-36-34-32-30-28-24-22-20-18-16-14-12-10-8-6-4-2/h15-18,21-24,26-27,53-54,56-60,62-64H,3-14,19-20,25,28-52H2,1-2H3/b17-15-,18-16-,23-21-,24-22-,27-26-. The van der Waals surface area contributed by atoms with Crippen LogP contribution in [0, 0.1) is 0 Å². The van der Waals surface area contributed by atoms with Gasteiger partial charge >= 0.3 is 5.97 Å². The monoisotopic (exact) mass is 959 g/mol. The molecule has 0 aliphatic carbocycles. The molecule has 1 fully saturated rings. The predicted octanol–water partition coefficient (Wildman–Crippen LogP) is 14.6. The molecule has 1 aliphatic heterocycles. The molecule has 1 heterocycles. The number of carbonyl (C=O) groups is 1. The first kappa shape index (κ1) is 63.9. The minimum absolute atomic E-state index is 0.119. The Morgan fingerprint density at radius 3 is 1.28 bits per heavy atom. The van der Waals surface area contributed by atoms with E-state index in [9.17, 15) is 25.2 Å². The fourth-order valence-corrected chi connectivity index (χ4v) is 8.47. The summed E-state index contributed by atoms with van der Waals surface area (Å²) in [5.41, 5.74) is 0. The van der Waals surface area contributed by atoms with E-state index in [1.165, 1.54) is 173 Å². The average Bonchev–Trinajstić information content (AvgIpc) is 3.34. The Kier molecular flexibility index (Phi) is 46.9. The van der Waals surface area contributed by atoms with Crippen molar-refractivity contribution in [1.29, 1.82) is 0 Å². The molecule has 9 heteroatoms. The smallest absolute Gasteiger partial charge is 0.306 e. The quantitative estimate of drug-likeness (QED) is 0.0267.